The topological polar surface area (TPSA) is 38.9 Å². The molecule has 3 aromatic heterocycles. The van der Waals surface area contributed by atoms with Gasteiger partial charge in [-0.2, -0.15) is 0 Å². The maximum absolute atomic E-state index is 4.32. The van der Waals surface area contributed by atoms with E-state index >= 15 is 0 Å². The van der Waals surface area contributed by atoms with Crippen LogP contribution in [0.3, 0.4) is 0 Å². The Morgan fingerprint density at radius 2 is 1.15 bits per heavy atom. The number of nitrogens with one attached hydrogen (secondary N) is 2. The van der Waals surface area contributed by atoms with Crippen molar-refractivity contribution in [3.8, 4) is 11.4 Å². The quantitative estimate of drug-likeness (QED) is 0.161. The molecular weight excluding hydrogens is 743 g/mol. The van der Waals surface area contributed by atoms with E-state index in [1.807, 2.05) is 12.2 Å². The van der Waals surface area contributed by atoms with Gasteiger partial charge in [-0.3, -0.25) is 5.32 Å². The molecule has 0 bridgehead atoms. The van der Waals surface area contributed by atoms with Gasteiger partial charge in [0.05, 0.1) is 39.3 Å². The third-order valence-corrected chi connectivity index (χ3v) is 12.5. The molecule has 61 heavy (non-hydrogen) atoms. The molecule has 0 saturated carbocycles. The number of allylic oxidation sites excluding steroid dienone is 2. The van der Waals surface area contributed by atoms with Gasteiger partial charge in [0.25, 0.3) is 0 Å². The van der Waals surface area contributed by atoms with Crippen LogP contribution in [0.5, 0.6) is 0 Å². The lowest BCUT2D eigenvalue weighted by Gasteiger charge is -2.37. The van der Waals surface area contributed by atoms with E-state index in [1.54, 1.807) is 0 Å². The third-order valence-electron chi connectivity index (χ3n) is 12.5. The minimum atomic E-state index is -0.267. The summed E-state index contributed by atoms with van der Waals surface area (Å²) in [6.45, 7) is 12.6. The predicted molar refractivity (Wildman–Crippen MR) is 261 cm³/mol. The normalized spacial score (nSPS) is 15.4. The van der Waals surface area contributed by atoms with Crippen LogP contribution in [0.4, 0.5) is 5.69 Å². The summed E-state index contributed by atoms with van der Waals surface area (Å²) in [5.74, 6) is 0. The predicted octanol–water partition coefficient (Wildman–Crippen LogP) is 14.4. The van der Waals surface area contributed by atoms with Crippen LogP contribution in [0.25, 0.3) is 90.2 Å². The first-order chi connectivity index (χ1) is 30.1. The standard InChI is InChI=1S/C56H45N5/c1-5-18-41-36(7-3)28-32-53-54(41)40(8-4)48(19-6-2)61(53)56-57-47-25-15-12-24-44(47)55(58-56)37-29-31-51-45(34-37)42-22-13-17-27-50(42)60(51)39-30-33-52-46(35-39)43-23-14-16-26-49(43)59(52)38-20-10-9-11-21-38/h5-35,55-58H,3-4H2,1-2H3/b18-5-,19-6-. The molecular formula is C56H45N5. The molecule has 2 unspecified atom stereocenters. The molecule has 5 heteroatoms. The maximum Gasteiger partial charge on any atom is 0.160 e. The fourth-order valence-corrected chi connectivity index (χ4v) is 9.97. The highest BCUT2D eigenvalue weighted by atomic mass is 15.3. The van der Waals surface area contributed by atoms with Crippen molar-refractivity contribution in [1.82, 2.24) is 19.0 Å². The highest BCUT2D eigenvalue weighted by Crippen LogP contribution is 2.43. The van der Waals surface area contributed by atoms with Crippen LogP contribution < -0.4 is 10.6 Å². The van der Waals surface area contributed by atoms with Gasteiger partial charge >= 0.3 is 0 Å². The summed E-state index contributed by atoms with van der Waals surface area (Å²) in [5.41, 5.74) is 16.1. The van der Waals surface area contributed by atoms with Crippen LogP contribution in [0.1, 0.15) is 59.7 Å². The first-order valence-electron chi connectivity index (χ1n) is 21.1. The molecule has 0 amide bonds. The number of nitrogens with zero attached hydrogens (tertiary/aromatic N) is 3. The average Bonchev–Trinajstić information content (AvgIpc) is 3.94. The van der Waals surface area contributed by atoms with Gasteiger partial charge in [0.15, 0.2) is 6.29 Å². The molecule has 7 aromatic carbocycles. The van der Waals surface area contributed by atoms with Crippen molar-refractivity contribution in [1.29, 1.82) is 0 Å². The van der Waals surface area contributed by atoms with Crippen molar-refractivity contribution in [3.05, 3.63) is 210 Å². The van der Waals surface area contributed by atoms with E-state index in [-0.39, 0.29) is 12.3 Å². The summed E-state index contributed by atoms with van der Waals surface area (Å²) in [4.78, 5) is 0. The van der Waals surface area contributed by atoms with E-state index in [4.69, 9.17) is 0 Å². The van der Waals surface area contributed by atoms with Gasteiger partial charge in [0, 0.05) is 49.6 Å². The lowest BCUT2D eigenvalue weighted by atomic mass is 9.94. The lowest BCUT2D eigenvalue weighted by molar-refractivity contribution is 0.407. The Morgan fingerprint density at radius 1 is 0.525 bits per heavy atom. The first kappa shape index (κ1) is 36.5. The Bertz CT molecular complexity index is 3440. The van der Waals surface area contributed by atoms with Crippen LogP contribution >= 0.6 is 0 Å². The molecule has 0 radical (unpaired) electrons. The van der Waals surface area contributed by atoms with Crippen LogP contribution in [0.15, 0.2) is 177 Å². The summed E-state index contributed by atoms with van der Waals surface area (Å²) < 4.78 is 7.20. The van der Waals surface area contributed by atoms with Crippen molar-refractivity contribution in [3.63, 3.8) is 0 Å². The molecule has 0 spiro atoms. The van der Waals surface area contributed by atoms with Crippen molar-refractivity contribution < 1.29 is 0 Å². The Labute approximate surface area is 355 Å². The smallest absolute Gasteiger partial charge is 0.160 e. The summed E-state index contributed by atoms with van der Waals surface area (Å²) in [6, 6.07) is 55.1. The number of para-hydroxylation sites is 4. The lowest BCUT2D eigenvalue weighted by Crippen LogP contribution is -2.41. The molecule has 1 aliphatic rings. The molecule has 0 aliphatic carbocycles. The van der Waals surface area contributed by atoms with Gasteiger partial charge in [-0.1, -0.05) is 128 Å². The minimum Gasteiger partial charge on any atom is -0.352 e. The van der Waals surface area contributed by atoms with Crippen LogP contribution in [0.2, 0.25) is 0 Å². The zero-order valence-corrected chi connectivity index (χ0v) is 34.3. The van der Waals surface area contributed by atoms with Crippen LogP contribution in [-0.2, 0) is 0 Å². The SMILES string of the molecule is C=Cc1ccc2c(c(C=C)c(/C=C\C)n2C2Nc3ccccc3C(c3ccc4c(c3)c3ccccc3n4-c3ccc4c(c3)c3ccccc3n4-c3ccccc3)N2)c1/C=C\C. The number of benzene rings is 7. The van der Waals surface area contributed by atoms with Crippen molar-refractivity contribution in [2.24, 2.45) is 0 Å². The monoisotopic (exact) mass is 787 g/mol. The second-order valence-corrected chi connectivity index (χ2v) is 15.8. The number of fused-ring (bicyclic) bond motifs is 8. The first-order valence-corrected chi connectivity index (χ1v) is 21.1. The zero-order chi connectivity index (χ0) is 41.2. The molecule has 0 fully saturated rings. The van der Waals surface area contributed by atoms with Gasteiger partial charge in [0.1, 0.15) is 0 Å². The average molecular weight is 788 g/mol. The highest BCUT2D eigenvalue weighted by molar-refractivity contribution is 6.12. The molecule has 2 N–H and O–H groups in total. The summed E-state index contributed by atoms with van der Waals surface area (Å²) in [6.07, 6.45) is 12.2. The third kappa shape index (κ3) is 5.58. The van der Waals surface area contributed by atoms with E-state index in [2.05, 4.69) is 227 Å². The number of rotatable bonds is 8. The van der Waals surface area contributed by atoms with E-state index < -0.39 is 0 Å². The maximum atomic E-state index is 4.32. The zero-order valence-electron chi connectivity index (χ0n) is 34.3. The number of hydrogen-bond acceptors (Lipinski definition) is 2. The van der Waals surface area contributed by atoms with Crippen molar-refractivity contribution >= 4 is 84.5 Å². The Kier molecular flexibility index (Phi) is 8.73. The minimum absolute atomic E-state index is 0.0972. The molecule has 5 nitrogen and oxygen atoms in total. The second-order valence-electron chi connectivity index (χ2n) is 15.8. The largest absolute Gasteiger partial charge is 0.352 e. The molecule has 2 atom stereocenters. The fraction of sp³-hybridized carbons (Fsp3) is 0.0714. The van der Waals surface area contributed by atoms with E-state index in [9.17, 15) is 0 Å². The van der Waals surface area contributed by atoms with E-state index in [0.29, 0.717) is 0 Å². The van der Waals surface area contributed by atoms with E-state index in [1.165, 1.54) is 54.7 Å². The van der Waals surface area contributed by atoms with E-state index in [0.717, 1.165) is 50.3 Å². The van der Waals surface area contributed by atoms with Crippen LogP contribution in [-0.4, -0.2) is 13.7 Å². The molecule has 1 aliphatic heterocycles. The highest BCUT2D eigenvalue weighted by Gasteiger charge is 2.31. The Hall–Kier alpha value is -7.60. The summed E-state index contributed by atoms with van der Waals surface area (Å²) in [5, 5.41) is 14.1. The molecule has 11 rings (SSSR count). The van der Waals surface area contributed by atoms with Gasteiger partial charge in [-0.05, 0) is 109 Å². The van der Waals surface area contributed by atoms with Gasteiger partial charge < -0.3 is 19.0 Å². The van der Waals surface area contributed by atoms with Crippen molar-refractivity contribution in [2.75, 3.05) is 5.32 Å². The second kappa shape index (κ2) is 14.6. The molecule has 0 saturated heterocycles. The Balaban J connectivity index is 1.08. The van der Waals surface area contributed by atoms with Crippen LogP contribution in [0, 0.1) is 0 Å². The van der Waals surface area contributed by atoms with Gasteiger partial charge in [-0.15, -0.1) is 0 Å². The summed E-state index contributed by atoms with van der Waals surface area (Å²) >= 11 is 0. The van der Waals surface area contributed by atoms with Gasteiger partial charge in [0.2, 0.25) is 0 Å². The number of anilines is 1. The summed E-state index contributed by atoms with van der Waals surface area (Å²) in [7, 11) is 0. The fourth-order valence-electron chi connectivity index (χ4n) is 9.97. The molecule has 4 heterocycles. The van der Waals surface area contributed by atoms with Crippen molar-refractivity contribution in [2.45, 2.75) is 26.2 Å². The number of aromatic nitrogens is 3. The molecule has 294 valence electrons. The molecule has 10 aromatic rings. The Morgan fingerprint density at radius 3 is 1.87 bits per heavy atom. The van der Waals surface area contributed by atoms with Gasteiger partial charge in [-0.25, -0.2) is 0 Å². The number of hydrogen-bond donors (Lipinski definition) is 2.